The SMILES string of the molecule is CCc1ccccc1NC(=O)[C@@H](C)Oc1ccc(F)cc1. The Hall–Kier alpha value is -2.36. The second-order valence-electron chi connectivity index (χ2n) is 4.71. The molecule has 0 radical (unpaired) electrons. The molecule has 1 atom stereocenters. The highest BCUT2D eigenvalue weighted by Gasteiger charge is 2.15. The van der Waals surface area contributed by atoms with E-state index in [1.165, 1.54) is 24.3 Å². The van der Waals surface area contributed by atoms with E-state index < -0.39 is 6.10 Å². The van der Waals surface area contributed by atoms with Crippen LogP contribution in [-0.2, 0) is 11.2 Å². The van der Waals surface area contributed by atoms with Crippen LogP contribution in [-0.4, -0.2) is 12.0 Å². The second-order valence-corrected chi connectivity index (χ2v) is 4.71. The van der Waals surface area contributed by atoms with Crippen LogP contribution >= 0.6 is 0 Å². The molecule has 2 rings (SSSR count). The number of rotatable bonds is 5. The minimum atomic E-state index is -0.666. The number of amides is 1. The Balaban J connectivity index is 2.01. The molecule has 0 aliphatic carbocycles. The van der Waals surface area contributed by atoms with Gasteiger partial charge in [-0.1, -0.05) is 25.1 Å². The summed E-state index contributed by atoms with van der Waals surface area (Å²) in [7, 11) is 0. The average Bonchev–Trinajstić information content (AvgIpc) is 2.50. The van der Waals surface area contributed by atoms with Gasteiger partial charge in [-0.2, -0.15) is 0 Å². The summed E-state index contributed by atoms with van der Waals surface area (Å²) < 4.78 is 18.3. The monoisotopic (exact) mass is 287 g/mol. The molecular weight excluding hydrogens is 269 g/mol. The lowest BCUT2D eigenvalue weighted by Gasteiger charge is -2.16. The molecule has 0 aliphatic rings. The highest BCUT2D eigenvalue weighted by atomic mass is 19.1. The number of carbonyl (C=O) groups excluding carboxylic acids is 1. The zero-order chi connectivity index (χ0) is 15.2. The summed E-state index contributed by atoms with van der Waals surface area (Å²) in [6, 6.07) is 13.2. The van der Waals surface area contributed by atoms with Gasteiger partial charge in [0.1, 0.15) is 11.6 Å². The fourth-order valence-electron chi connectivity index (χ4n) is 1.96. The summed E-state index contributed by atoms with van der Waals surface area (Å²) in [6.07, 6.45) is 0.171. The Bertz CT molecular complexity index is 610. The van der Waals surface area contributed by atoms with Gasteiger partial charge in [-0.15, -0.1) is 0 Å². The fourth-order valence-corrected chi connectivity index (χ4v) is 1.96. The molecule has 110 valence electrons. The Morgan fingerprint density at radius 3 is 2.52 bits per heavy atom. The van der Waals surface area contributed by atoms with Gasteiger partial charge in [0, 0.05) is 5.69 Å². The first-order valence-electron chi connectivity index (χ1n) is 6.91. The van der Waals surface area contributed by atoms with Crippen LogP contribution < -0.4 is 10.1 Å². The summed E-state index contributed by atoms with van der Waals surface area (Å²) in [5.74, 6) is -0.112. The van der Waals surface area contributed by atoms with Gasteiger partial charge in [0.2, 0.25) is 0 Å². The van der Waals surface area contributed by atoms with Crippen molar-refractivity contribution in [3.05, 3.63) is 59.9 Å². The molecule has 0 bridgehead atoms. The predicted octanol–water partition coefficient (Wildman–Crippen LogP) is 3.79. The van der Waals surface area contributed by atoms with E-state index in [9.17, 15) is 9.18 Å². The molecule has 1 amide bonds. The maximum Gasteiger partial charge on any atom is 0.265 e. The van der Waals surface area contributed by atoms with E-state index in [4.69, 9.17) is 4.74 Å². The van der Waals surface area contributed by atoms with Crippen molar-refractivity contribution in [1.29, 1.82) is 0 Å². The number of aryl methyl sites for hydroxylation is 1. The predicted molar refractivity (Wildman–Crippen MR) is 80.9 cm³/mol. The molecule has 3 nitrogen and oxygen atoms in total. The third kappa shape index (κ3) is 4.05. The van der Waals surface area contributed by atoms with E-state index in [0.29, 0.717) is 5.75 Å². The van der Waals surface area contributed by atoms with Crippen molar-refractivity contribution in [2.45, 2.75) is 26.4 Å². The quantitative estimate of drug-likeness (QED) is 0.908. The van der Waals surface area contributed by atoms with Crippen molar-refractivity contribution >= 4 is 11.6 Å². The molecule has 0 spiro atoms. The lowest BCUT2D eigenvalue weighted by atomic mass is 10.1. The van der Waals surface area contributed by atoms with E-state index in [2.05, 4.69) is 5.32 Å². The summed E-state index contributed by atoms with van der Waals surface area (Å²) in [6.45, 7) is 3.69. The molecule has 4 heteroatoms. The molecule has 0 aliphatic heterocycles. The van der Waals surface area contributed by atoms with Gasteiger partial charge in [0.05, 0.1) is 0 Å². The van der Waals surface area contributed by atoms with Crippen LogP contribution in [0.1, 0.15) is 19.4 Å². The Labute approximate surface area is 123 Å². The van der Waals surface area contributed by atoms with Crippen molar-refractivity contribution < 1.29 is 13.9 Å². The Morgan fingerprint density at radius 1 is 1.19 bits per heavy atom. The molecule has 0 unspecified atom stereocenters. The van der Waals surface area contributed by atoms with Crippen molar-refractivity contribution in [1.82, 2.24) is 0 Å². The molecule has 1 N–H and O–H groups in total. The van der Waals surface area contributed by atoms with Crippen LogP contribution in [0.3, 0.4) is 0 Å². The molecular formula is C17H18FNO2. The number of anilines is 1. The van der Waals surface area contributed by atoms with Gasteiger partial charge in [0.25, 0.3) is 5.91 Å². The van der Waals surface area contributed by atoms with E-state index in [-0.39, 0.29) is 11.7 Å². The minimum absolute atomic E-state index is 0.236. The smallest absolute Gasteiger partial charge is 0.265 e. The molecule has 0 fully saturated rings. The van der Waals surface area contributed by atoms with E-state index in [1.54, 1.807) is 6.92 Å². The third-order valence-corrected chi connectivity index (χ3v) is 3.15. The fraction of sp³-hybridized carbons (Fsp3) is 0.235. The zero-order valence-corrected chi connectivity index (χ0v) is 12.1. The van der Waals surface area contributed by atoms with Crippen molar-refractivity contribution in [2.75, 3.05) is 5.32 Å². The number of para-hydroxylation sites is 1. The van der Waals surface area contributed by atoms with Gasteiger partial charge in [-0.25, -0.2) is 4.39 Å². The first-order valence-corrected chi connectivity index (χ1v) is 6.91. The van der Waals surface area contributed by atoms with Crippen LogP contribution in [0.2, 0.25) is 0 Å². The Kier molecular flexibility index (Phi) is 4.93. The first kappa shape index (κ1) is 15.0. The largest absolute Gasteiger partial charge is 0.481 e. The van der Waals surface area contributed by atoms with Crippen LogP contribution in [0.5, 0.6) is 5.75 Å². The van der Waals surface area contributed by atoms with Crippen LogP contribution in [0, 0.1) is 5.82 Å². The van der Waals surface area contributed by atoms with E-state index in [1.807, 2.05) is 31.2 Å². The standard InChI is InChI=1S/C17H18FNO2/c1-3-13-6-4-5-7-16(13)19-17(20)12(2)21-15-10-8-14(18)9-11-15/h4-12H,3H2,1-2H3,(H,19,20)/t12-/m1/s1. The maximum absolute atomic E-state index is 12.8. The number of hydrogen-bond donors (Lipinski definition) is 1. The molecule has 0 saturated carbocycles. The number of carbonyl (C=O) groups is 1. The summed E-state index contributed by atoms with van der Waals surface area (Å²) in [5.41, 5.74) is 1.86. The molecule has 2 aromatic carbocycles. The summed E-state index contributed by atoms with van der Waals surface area (Å²) >= 11 is 0. The number of nitrogens with one attached hydrogen (secondary N) is 1. The normalized spacial score (nSPS) is 11.8. The molecule has 21 heavy (non-hydrogen) atoms. The maximum atomic E-state index is 12.8. The van der Waals surface area contributed by atoms with Crippen LogP contribution in [0.4, 0.5) is 10.1 Å². The topological polar surface area (TPSA) is 38.3 Å². The second kappa shape index (κ2) is 6.88. The molecule has 0 saturated heterocycles. The number of ether oxygens (including phenoxy) is 1. The average molecular weight is 287 g/mol. The van der Waals surface area contributed by atoms with Gasteiger partial charge in [-0.3, -0.25) is 4.79 Å². The Morgan fingerprint density at radius 2 is 1.86 bits per heavy atom. The lowest BCUT2D eigenvalue weighted by Crippen LogP contribution is -2.30. The van der Waals surface area contributed by atoms with Crippen LogP contribution in [0.15, 0.2) is 48.5 Å². The van der Waals surface area contributed by atoms with Crippen molar-refractivity contribution in [3.63, 3.8) is 0 Å². The minimum Gasteiger partial charge on any atom is -0.481 e. The van der Waals surface area contributed by atoms with Gasteiger partial charge in [0.15, 0.2) is 6.10 Å². The van der Waals surface area contributed by atoms with Crippen LogP contribution in [0.25, 0.3) is 0 Å². The summed E-state index contributed by atoms with van der Waals surface area (Å²) in [5, 5.41) is 2.85. The molecule has 0 aromatic heterocycles. The lowest BCUT2D eigenvalue weighted by molar-refractivity contribution is -0.122. The first-order chi connectivity index (χ1) is 10.1. The number of halogens is 1. The highest BCUT2D eigenvalue weighted by Crippen LogP contribution is 2.17. The number of benzene rings is 2. The zero-order valence-electron chi connectivity index (χ0n) is 12.1. The van der Waals surface area contributed by atoms with Crippen molar-refractivity contribution in [3.8, 4) is 5.75 Å². The van der Waals surface area contributed by atoms with E-state index in [0.717, 1.165) is 17.7 Å². The van der Waals surface area contributed by atoms with Crippen molar-refractivity contribution in [2.24, 2.45) is 0 Å². The number of hydrogen-bond acceptors (Lipinski definition) is 2. The highest BCUT2D eigenvalue weighted by molar-refractivity contribution is 5.94. The van der Waals surface area contributed by atoms with E-state index >= 15 is 0 Å². The van der Waals surface area contributed by atoms with Gasteiger partial charge < -0.3 is 10.1 Å². The molecule has 2 aromatic rings. The van der Waals surface area contributed by atoms with Gasteiger partial charge >= 0.3 is 0 Å². The summed E-state index contributed by atoms with van der Waals surface area (Å²) in [4.78, 5) is 12.1. The van der Waals surface area contributed by atoms with Gasteiger partial charge in [-0.05, 0) is 49.2 Å². The third-order valence-electron chi connectivity index (χ3n) is 3.15. The molecule has 0 heterocycles.